The average molecular weight is 491 g/mol. The molecule has 2 aromatic carbocycles. The van der Waals surface area contributed by atoms with Gasteiger partial charge in [0, 0.05) is 12.7 Å². The molecule has 1 saturated heterocycles. The molecule has 1 fully saturated rings. The average Bonchev–Trinajstić information content (AvgIpc) is 3.34. The van der Waals surface area contributed by atoms with E-state index < -0.39 is 11.7 Å². The lowest BCUT2D eigenvalue weighted by molar-refractivity contribution is -0.333. The first-order chi connectivity index (χ1) is 17.4. The van der Waals surface area contributed by atoms with E-state index in [1.54, 1.807) is 13.3 Å². The standard InChI is InChI=1S/C26H28FN7O2/c1-34-11-3-4-16(14-34)15-5-7-21(22(12-15)36-2)31-26-32-24-18(9-10-29-24)25(33-26)30-20-8-6-17(27)13-19(20)23(28)35/h5-10,12-13,16H,3-4,11,14H2,1-2H3,(H2,28,35)(H3,29,30,31,32,33)/p+1. The van der Waals surface area contributed by atoms with Crippen LogP contribution in [0.2, 0.25) is 0 Å². The number of primary amides is 1. The van der Waals surface area contributed by atoms with Gasteiger partial charge in [0.15, 0.2) is 5.75 Å². The summed E-state index contributed by atoms with van der Waals surface area (Å²) in [6.45, 7) is 2.16. The van der Waals surface area contributed by atoms with Gasteiger partial charge in [0.25, 0.3) is 5.91 Å². The van der Waals surface area contributed by atoms with E-state index in [1.165, 1.54) is 24.1 Å². The van der Waals surface area contributed by atoms with Crippen LogP contribution in [0, 0.1) is 5.82 Å². The second-order valence-electron chi connectivity index (χ2n) is 9.07. The molecular formula is C26H29FN7O2+. The molecule has 5 rings (SSSR count). The second kappa shape index (κ2) is 9.82. The molecule has 9 nitrogen and oxygen atoms in total. The predicted octanol–water partition coefficient (Wildman–Crippen LogP) is 3.92. The third kappa shape index (κ3) is 4.80. The summed E-state index contributed by atoms with van der Waals surface area (Å²) in [6, 6.07) is 11.9. The van der Waals surface area contributed by atoms with Crippen molar-refractivity contribution in [2.75, 3.05) is 37.9 Å². The maximum Gasteiger partial charge on any atom is 0.351 e. The Kier molecular flexibility index (Phi) is 6.43. The van der Waals surface area contributed by atoms with Crippen molar-refractivity contribution in [3.63, 3.8) is 0 Å². The van der Waals surface area contributed by atoms with Crippen molar-refractivity contribution < 1.29 is 18.9 Å². The number of amides is 1. The summed E-state index contributed by atoms with van der Waals surface area (Å²) >= 11 is 0. The molecule has 3 heterocycles. The maximum absolute atomic E-state index is 13.7. The Morgan fingerprint density at radius 1 is 1.22 bits per heavy atom. The minimum atomic E-state index is -0.739. The number of piperidine rings is 1. The Morgan fingerprint density at radius 2 is 2.06 bits per heavy atom. The second-order valence-corrected chi connectivity index (χ2v) is 9.07. The Bertz CT molecular complexity index is 1420. The number of anilines is 4. The van der Waals surface area contributed by atoms with Gasteiger partial charge in [0.1, 0.15) is 11.5 Å². The highest BCUT2D eigenvalue weighted by atomic mass is 19.1. The smallest absolute Gasteiger partial charge is 0.351 e. The van der Waals surface area contributed by atoms with Crippen LogP contribution in [0.15, 0.2) is 48.7 Å². The van der Waals surface area contributed by atoms with E-state index in [9.17, 15) is 9.18 Å². The van der Waals surface area contributed by atoms with Crippen LogP contribution in [-0.4, -0.2) is 48.0 Å². The Labute approximate surface area is 207 Å². The fraction of sp³-hybridized carbons (Fsp3) is 0.269. The highest BCUT2D eigenvalue weighted by molar-refractivity contribution is 6.00. The number of aromatic nitrogens is 3. The van der Waals surface area contributed by atoms with Gasteiger partial charge in [-0.3, -0.25) is 15.1 Å². The van der Waals surface area contributed by atoms with E-state index in [2.05, 4.69) is 49.7 Å². The molecule has 1 aliphatic rings. The van der Waals surface area contributed by atoms with Gasteiger partial charge in [0.05, 0.1) is 23.7 Å². The molecule has 1 atom stereocenters. The number of methoxy groups -OCH3 is 1. The largest absolute Gasteiger partial charge is 0.493 e. The van der Waals surface area contributed by atoms with Crippen LogP contribution in [0.1, 0.15) is 34.7 Å². The van der Waals surface area contributed by atoms with Gasteiger partial charge in [-0.05, 0) is 74.3 Å². The van der Waals surface area contributed by atoms with Crippen LogP contribution in [0.5, 0.6) is 5.75 Å². The highest BCUT2D eigenvalue weighted by Crippen LogP contribution is 2.34. The van der Waals surface area contributed by atoms with Gasteiger partial charge in [-0.15, -0.1) is 0 Å². The number of aromatic amines is 2. The molecule has 0 saturated carbocycles. The molecule has 4 aromatic rings. The van der Waals surface area contributed by atoms with Gasteiger partial charge in [-0.2, -0.15) is 0 Å². The van der Waals surface area contributed by atoms with Gasteiger partial charge in [-0.25, -0.2) is 9.37 Å². The fourth-order valence-electron chi connectivity index (χ4n) is 4.73. The van der Waals surface area contributed by atoms with E-state index >= 15 is 0 Å². The van der Waals surface area contributed by atoms with Crippen molar-refractivity contribution in [2.45, 2.75) is 18.8 Å². The Morgan fingerprint density at radius 3 is 2.83 bits per heavy atom. The summed E-state index contributed by atoms with van der Waals surface area (Å²) in [4.78, 5) is 25.3. The molecule has 0 radical (unpaired) electrons. The molecule has 0 spiro atoms. The lowest BCUT2D eigenvalue weighted by Gasteiger charge is -2.30. The number of H-pyrrole nitrogens is 2. The van der Waals surface area contributed by atoms with Crippen LogP contribution in [0.4, 0.5) is 27.5 Å². The number of carbonyl (C=O) groups is 1. The van der Waals surface area contributed by atoms with Gasteiger partial charge in [-0.1, -0.05) is 11.1 Å². The number of rotatable bonds is 7. The van der Waals surface area contributed by atoms with E-state index in [4.69, 9.17) is 10.5 Å². The molecule has 186 valence electrons. The lowest BCUT2D eigenvalue weighted by Crippen LogP contribution is -2.30. The number of hydrogen-bond donors (Lipinski definition) is 4. The molecule has 1 amide bonds. The van der Waals surface area contributed by atoms with Crippen molar-refractivity contribution in [1.29, 1.82) is 0 Å². The monoisotopic (exact) mass is 490 g/mol. The minimum absolute atomic E-state index is 0.0356. The number of benzene rings is 2. The zero-order valence-electron chi connectivity index (χ0n) is 20.2. The number of likely N-dealkylation sites (N-methyl/N-ethyl adjacent to an activating group) is 1. The van der Waals surface area contributed by atoms with E-state index in [1.807, 2.05) is 12.1 Å². The summed E-state index contributed by atoms with van der Waals surface area (Å²) in [5, 5.41) is 7.18. The zero-order chi connectivity index (χ0) is 25.2. The Balaban J connectivity index is 1.46. The normalized spacial score (nSPS) is 16.1. The van der Waals surface area contributed by atoms with Gasteiger partial charge >= 0.3 is 5.95 Å². The maximum atomic E-state index is 13.7. The molecule has 36 heavy (non-hydrogen) atoms. The summed E-state index contributed by atoms with van der Waals surface area (Å²) in [5.74, 6) is 0.802. The van der Waals surface area contributed by atoms with Crippen molar-refractivity contribution in [1.82, 2.24) is 14.9 Å². The van der Waals surface area contributed by atoms with Gasteiger partial charge < -0.3 is 20.7 Å². The van der Waals surface area contributed by atoms with Crippen LogP contribution in [0.3, 0.4) is 0 Å². The minimum Gasteiger partial charge on any atom is -0.493 e. The first-order valence-corrected chi connectivity index (χ1v) is 11.8. The lowest BCUT2D eigenvalue weighted by atomic mass is 9.90. The first kappa shape index (κ1) is 23.6. The number of hydrogen-bond acceptors (Lipinski definition) is 6. The molecule has 2 aromatic heterocycles. The van der Waals surface area contributed by atoms with Crippen molar-refractivity contribution >= 4 is 40.1 Å². The number of nitrogens with two attached hydrogens (primary N) is 1. The molecule has 1 unspecified atom stereocenters. The predicted molar refractivity (Wildman–Crippen MR) is 137 cm³/mol. The summed E-state index contributed by atoms with van der Waals surface area (Å²) in [5.41, 5.74) is 8.56. The molecule has 0 bridgehead atoms. The summed E-state index contributed by atoms with van der Waals surface area (Å²) in [7, 11) is 3.80. The van der Waals surface area contributed by atoms with E-state index in [-0.39, 0.29) is 5.56 Å². The number of halogens is 1. The number of carbonyl (C=O) groups excluding carboxylic acids is 1. The zero-order valence-corrected chi connectivity index (χ0v) is 20.2. The number of nitrogens with zero attached hydrogens (tertiary/aromatic N) is 2. The number of fused-ring (bicyclic) bond motifs is 1. The highest BCUT2D eigenvalue weighted by Gasteiger charge is 2.22. The molecular weight excluding hydrogens is 461 g/mol. The third-order valence-electron chi connectivity index (χ3n) is 6.54. The fourth-order valence-corrected chi connectivity index (χ4v) is 4.73. The number of likely N-dealkylation sites (tertiary alicyclic amines) is 1. The van der Waals surface area contributed by atoms with Crippen LogP contribution in [-0.2, 0) is 0 Å². The molecule has 10 heteroatoms. The van der Waals surface area contributed by atoms with Crippen LogP contribution >= 0.6 is 0 Å². The molecule has 0 aliphatic carbocycles. The SMILES string of the molecule is COc1cc(C2CCCN(C)C2)ccc1Nc1nc(Nc2ccc(F)cc2C(N)=O)c2cc[nH]c2[nH+]1. The topological polar surface area (TPSA) is 122 Å². The number of ether oxygens (including phenoxy) is 1. The summed E-state index contributed by atoms with van der Waals surface area (Å²) < 4.78 is 19.4. The van der Waals surface area contributed by atoms with Gasteiger partial charge in [0.2, 0.25) is 11.5 Å². The van der Waals surface area contributed by atoms with Crippen LogP contribution < -0.4 is 26.1 Å². The van der Waals surface area contributed by atoms with E-state index in [0.29, 0.717) is 34.8 Å². The first-order valence-electron chi connectivity index (χ1n) is 11.8. The quantitative estimate of drug-likeness (QED) is 0.311. The summed E-state index contributed by atoms with van der Waals surface area (Å²) in [6.07, 6.45) is 4.11. The molecule has 1 aliphatic heterocycles. The van der Waals surface area contributed by atoms with E-state index in [0.717, 1.165) is 36.7 Å². The van der Waals surface area contributed by atoms with Crippen molar-refractivity contribution in [3.8, 4) is 5.75 Å². The van der Waals surface area contributed by atoms with Crippen LogP contribution in [0.25, 0.3) is 11.0 Å². The Hall–Kier alpha value is -4.18. The van der Waals surface area contributed by atoms with Crippen molar-refractivity contribution in [3.05, 3.63) is 65.6 Å². The number of nitrogens with one attached hydrogen (secondary N) is 4. The van der Waals surface area contributed by atoms with Crippen molar-refractivity contribution in [2.24, 2.45) is 5.73 Å². The molecule has 6 N–H and O–H groups in total. The third-order valence-corrected chi connectivity index (χ3v) is 6.54.